The van der Waals surface area contributed by atoms with Crippen molar-refractivity contribution in [2.75, 3.05) is 13.1 Å². The normalized spacial score (nSPS) is 28.4. The van der Waals surface area contributed by atoms with E-state index >= 15 is 0 Å². The van der Waals surface area contributed by atoms with Crippen LogP contribution in [0.15, 0.2) is 5.16 Å². The molecule has 2 aliphatic rings. The van der Waals surface area contributed by atoms with Gasteiger partial charge in [-0.15, -0.1) is 0 Å². The molecule has 1 aliphatic heterocycles. The summed E-state index contributed by atoms with van der Waals surface area (Å²) in [4.78, 5) is 14.5. The highest BCUT2D eigenvalue weighted by Gasteiger charge is 2.34. The molecule has 0 aromatic carbocycles. The third-order valence-corrected chi connectivity index (χ3v) is 5.09. The average Bonchev–Trinajstić information content (AvgIpc) is 2.46. The Labute approximate surface area is 122 Å². The lowest BCUT2D eigenvalue weighted by molar-refractivity contribution is -0.137. The SMILES string of the molecule is CC(C)(C)C1CCC(C(=O)N2CCC(=NO)CC2)CC1. The fourth-order valence-electron chi connectivity index (χ4n) is 3.55. The Morgan fingerprint density at radius 1 is 1.15 bits per heavy atom. The van der Waals surface area contributed by atoms with E-state index < -0.39 is 0 Å². The van der Waals surface area contributed by atoms with Gasteiger partial charge in [0.05, 0.1) is 5.71 Å². The Balaban J connectivity index is 1.83. The van der Waals surface area contributed by atoms with Crippen LogP contribution >= 0.6 is 0 Å². The molecule has 1 saturated heterocycles. The summed E-state index contributed by atoms with van der Waals surface area (Å²) < 4.78 is 0. The lowest BCUT2D eigenvalue weighted by Gasteiger charge is -2.38. The van der Waals surface area contributed by atoms with Crippen LogP contribution in [-0.4, -0.2) is 34.8 Å². The lowest BCUT2D eigenvalue weighted by atomic mass is 9.69. The van der Waals surface area contributed by atoms with Gasteiger partial charge in [-0.1, -0.05) is 25.9 Å². The molecule has 0 unspecified atom stereocenters. The second kappa shape index (κ2) is 6.15. The van der Waals surface area contributed by atoms with E-state index in [1.807, 2.05) is 4.90 Å². The Morgan fingerprint density at radius 3 is 2.15 bits per heavy atom. The second-order valence-electron chi connectivity index (χ2n) is 7.41. The molecule has 0 radical (unpaired) electrons. The zero-order valence-corrected chi connectivity index (χ0v) is 13.1. The molecule has 1 saturated carbocycles. The maximum absolute atomic E-state index is 12.5. The summed E-state index contributed by atoms with van der Waals surface area (Å²) in [6.07, 6.45) is 5.88. The first-order chi connectivity index (χ1) is 9.41. The summed E-state index contributed by atoms with van der Waals surface area (Å²) in [5.74, 6) is 1.30. The fourth-order valence-corrected chi connectivity index (χ4v) is 3.55. The molecule has 0 spiro atoms. The van der Waals surface area contributed by atoms with Crippen LogP contribution in [0.2, 0.25) is 0 Å². The number of nitrogens with zero attached hydrogens (tertiary/aromatic N) is 2. The molecule has 2 fully saturated rings. The molecule has 20 heavy (non-hydrogen) atoms. The van der Waals surface area contributed by atoms with Gasteiger partial charge in [-0.25, -0.2) is 0 Å². The molecule has 4 nitrogen and oxygen atoms in total. The van der Waals surface area contributed by atoms with E-state index in [-0.39, 0.29) is 5.92 Å². The minimum Gasteiger partial charge on any atom is -0.411 e. The first-order valence-electron chi connectivity index (χ1n) is 7.90. The van der Waals surface area contributed by atoms with Crippen molar-refractivity contribution in [1.29, 1.82) is 0 Å². The number of hydrogen-bond donors (Lipinski definition) is 1. The van der Waals surface area contributed by atoms with Gasteiger partial charge in [-0.3, -0.25) is 4.79 Å². The van der Waals surface area contributed by atoms with E-state index in [1.165, 1.54) is 12.8 Å². The van der Waals surface area contributed by atoms with E-state index in [0.29, 0.717) is 11.3 Å². The van der Waals surface area contributed by atoms with Gasteiger partial charge >= 0.3 is 0 Å². The fraction of sp³-hybridized carbons (Fsp3) is 0.875. The van der Waals surface area contributed by atoms with Crippen LogP contribution < -0.4 is 0 Å². The molecule has 1 heterocycles. The van der Waals surface area contributed by atoms with Crippen molar-refractivity contribution in [3.63, 3.8) is 0 Å². The summed E-state index contributed by atoms with van der Waals surface area (Å²) in [6.45, 7) is 8.36. The smallest absolute Gasteiger partial charge is 0.225 e. The van der Waals surface area contributed by atoms with Crippen molar-refractivity contribution in [2.45, 2.75) is 59.3 Å². The van der Waals surface area contributed by atoms with Gasteiger partial charge in [0, 0.05) is 31.8 Å². The Morgan fingerprint density at radius 2 is 1.70 bits per heavy atom. The molecule has 2 rings (SSSR count). The van der Waals surface area contributed by atoms with Crippen LogP contribution in [0.3, 0.4) is 0 Å². The number of rotatable bonds is 1. The number of carbonyl (C=O) groups is 1. The highest BCUT2D eigenvalue weighted by Crippen LogP contribution is 2.40. The van der Waals surface area contributed by atoms with Gasteiger partial charge in [0.15, 0.2) is 0 Å². The minimum absolute atomic E-state index is 0.223. The zero-order chi connectivity index (χ0) is 14.8. The van der Waals surface area contributed by atoms with Crippen molar-refractivity contribution < 1.29 is 10.0 Å². The van der Waals surface area contributed by atoms with Crippen molar-refractivity contribution in [3.8, 4) is 0 Å². The van der Waals surface area contributed by atoms with E-state index in [0.717, 1.165) is 50.4 Å². The van der Waals surface area contributed by atoms with Gasteiger partial charge in [0.1, 0.15) is 0 Å². The van der Waals surface area contributed by atoms with Crippen molar-refractivity contribution >= 4 is 11.6 Å². The summed E-state index contributed by atoms with van der Waals surface area (Å²) in [5.41, 5.74) is 1.19. The number of amides is 1. The van der Waals surface area contributed by atoms with E-state index in [4.69, 9.17) is 5.21 Å². The van der Waals surface area contributed by atoms with Crippen LogP contribution in [0.25, 0.3) is 0 Å². The van der Waals surface area contributed by atoms with E-state index in [2.05, 4.69) is 25.9 Å². The predicted octanol–water partition coefficient (Wildman–Crippen LogP) is 3.29. The quantitative estimate of drug-likeness (QED) is 0.592. The molecule has 114 valence electrons. The molecule has 0 aromatic rings. The largest absolute Gasteiger partial charge is 0.411 e. The number of carbonyl (C=O) groups excluding carboxylic acids is 1. The molecular weight excluding hydrogens is 252 g/mol. The van der Waals surface area contributed by atoms with Crippen LogP contribution in [-0.2, 0) is 4.79 Å². The Kier molecular flexibility index (Phi) is 4.71. The molecule has 0 bridgehead atoms. The Hall–Kier alpha value is -1.06. The van der Waals surface area contributed by atoms with Crippen molar-refractivity contribution in [3.05, 3.63) is 0 Å². The van der Waals surface area contributed by atoms with Crippen LogP contribution in [0, 0.1) is 17.3 Å². The Bertz CT molecular complexity index is 366. The first kappa shape index (κ1) is 15.3. The maximum atomic E-state index is 12.5. The topological polar surface area (TPSA) is 52.9 Å². The van der Waals surface area contributed by atoms with E-state index in [9.17, 15) is 4.79 Å². The maximum Gasteiger partial charge on any atom is 0.225 e. The zero-order valence-electron chi connectivity index (χ0n) is 13.1. The standard InChI is InChI=1S/C16H28N2O2/c1-16(2,3)13-6-4-12(5-7-13)15(19)18-10-8-14(17-20)9-11-18/h12-13,20H,4-11H2,1-3H3. The number of hydrogen-bond acceptors (Lipinski definition) is 3. The molecule has 1 N–H and O–H groups in total. The lowest BCUT2D eigenvalue weighted by Crippen LogP contribution is -2.43. The highest BCUT2D eigenvalue weighted by molar-refractivity contribution is 5.87. The molecule has 1 aliphatic carbocycles. The predicted molar refractivity (Wildman–Crippen MR) is 79.9 cm³/mol. The van der Waals surface area contributed by atoms with Gasteiger partial charge in [-0.05, 0) is 37.0 Å². The third-order valence-electron chi connectivity index (χ3n) is 5.09. The summed E-state index contributed by atoms with van der Waals surface area (Å²) >= 11 is 0. The third kappa shape index (κ3) is 3.53. The number of piperidine rings is 1. The van der Waals surface area contributed by atoms with Gasteiger partial charge in [0.25, 0.3) is 0 Å². The van der Waals surface area contributed by atoms with Crippen LogP contribution in [0.4, 0.5) is 0 Å². The molecular formula is C16H28N2O2. The monoisotopic (exact) mass is 280 g/mol. The number of likely N-dealkylation sites (tertiary alicyclic amines) is 1. The summed E-state index contributed by atoms with van der Waals surface area (Å²) in [7, 11) is 0. The molecule has 4 heteroatoms. The first-order valence-corrected chi connectivity index (χ1v) is 7.90. The van der Waals surface area contributed by atoms with Gasteiger partial charge in [-0.2, -0.15) is 0 Å². The van der Waals surface area contributed by atoms with Crippen LogP contribution in [0.1, 0.15) is 59.3 Å². The minimum atomic E-state index is 0.223. The van der Waals surface area contributed by atoms with Crippen molar-refractivity contribution in [1.82, 2.24) is 4.90 Å². The van der Waals surface area contributed by atoms with Gasteiger partial charge in [0.2, 0.25) is 5.91 Å². The van der Waals surface area contributed by atoms with Crippen LogP contribution in [0.5, 0.6) is 0 Å². The molecule has 1 amide bonds. The molecule has 0 aromatic heterocycles. The van der Waals surface area contributed by atoms with Crippen molar-refractivity contribution in [2.24, 2.45) is 22.4 Å². The highest BCUT2D eigenvalue weighted by atomic mass is 16.4. The summed E-state index contributed by atoms with van der Waals surface area (Å²) in [6, 6.07) is 0. The second-order valence-corrected chi connectivity index (χ2v) is 7.41. The number of oxime groups is 1. The average molecular weight is 280 g/mol. The van der Waals surface area contributed by atoms with Gasteiger partial charge < -0.3 is 10.1 Å². The molecule has 0 atom stereocenters. The van der Waals surface area contributed by atoms with E-state index in [1.54, 1.807) is 0 Å². The summed E-state index contributed by atoms with van der Waals surface area (Å²) in [5, 5.41) is 12.0.